The Labute approximate surface area is 110 Å². The van der Waals surface area contributed by atoms with Gasteiger partial charge in [-0.3, -0.25) is 15.0 Å². The normalized spacial score (nSPS) is 25.2. The molecule has 1 fully saturated rings. The van der Waals surface area contributed by atoms with Crippen LogP contribution in [0.4, 0.5) is 5.00 Å². The molecular weight excluding hydrogens is 254 g/mol. The highest BCUT2D eigenvalue weighted by atomic mass is 32.1. The highest BCUT2D eigenvalue weighted by Gasteiger charge is 2.33. The summed E-state index contributed by atoms with van der Waals surface area (Å²) in [5, 5.41) is 14.0. The van der Waals surface area contributed by atoms with Gasteiger partial charge in [-0.25, -0.2) is 0 Å². The summed E-state index contributed by atoms with van der Waals surface area (Å²) < 4.78 is 5.76. The van der Waals surface area contributed by atoms with Gasteiger partial charge in [-0.2, -0.15) is 0 Å². The molecule has 7 heteroatoms. The number of nitrogens with zero attached hydrogens (tertiary/aromatic N) is 2. The van der Waals surface area contributed by atoms with E-state index in [2.05, 4.69) is 10.2 Å². The molecule has 0 aromatic carbocycles. The lowest BCUT2D eigenvalue weighted by atomic mass is 10.1. The molecule has 18 heavy (non-hydrogen) atoms. The van der Waals surface area contributed by atoms with E-state index in [1.54, 1.807) is 6.07 Å². The van der Waals surface area contributed by atoms with Gasteiger partial charge in [0.05, 0.1) is 23.7 Å². The van der Waals surface area contributed by atoms with E-state index in [-0.39, 0.29) is 22.1 Å². The van der Waals surface area contributed by atoms with Gasteiger partial charge in [0.1, 0.15) is 0 Å². The molecule has 2 atom stereocenters. The Kier molecular flexibility index (Phi) is 4.28. The van der Waals surface area contributed by atoms with Gasteiger partial charge in [-0.05, 0) is 20.2 Å². The highest BCUT2D eigenvalue weighted by Crippen LogP contribution is 2.35. The van der Waals surface area contributed by atoms with Crippen molar-refractivity contribution in [3.63, 3.8) is 0 Å². The highest BCUT2D eigenvalue weighted by molar-refractivity contribution is 7.15. The first-order chi connectivity index (χ1) is 8.63. The number of rotatable bonds is 4. The zero-order chi connectivity index (χ0) is 13.1. The molecule has 0 saturated carbocycles. The van der Waals surface area contributed by atoms with E-state index < -0.39 is 0 Å². The number of hydrogen-bond donors (Lipinski definition) is 1. The zero-order valence-corrected chi connectivity index (χ0v) is 11.3. The topological polar surface area (TPSA) is 67.6 Å². The first kappa shape index (κ1) is 13.4. The van der Waals surface area contributed by atoms with Crippen molar-refractivity contribution in [2.45, 2.75) is 12.1 Å². The lowest BCUT2D eigenvalue weighted by Crippen LogP contribution is -2.46. The third-order valence-electron chi connectivity index (χ3n) is 3.09. The SMILES string of the molecule is CNCC1OCCN(C)C1c1ccc([N+](=O)[O-])s1. The Morgan fingerprint density at radius 2 is 2.44 bits per heavy atom. The molecule has 0 radical (unpaired) electrons. The molecule has 0 amide bonds. The summed E-state index contributed by atoms with van der Waals surface area (Å²) >= 11 is 1.23. The Balaban J connectivity index is 2.22. The lowest BCUT2D eigenvalue weighted by Gasteiger charge is -2.38. The molecule has 2 rings (SSSR count). The second-order valence-electron chi connectivity index (χ2n) is 4.33. The molecule has 1 saturated heterocycles. The predicted molar refractivity (Wildman–Crippen MR) is 70.0 cm³/mol. The number of hydrogen-bond acceptors (Lipinski definition) is 6. The maximum atomic E-state index is 10.7. The van der Waals surface area contributed by atoms with E-state index in [4.69, 9.17) is 4.74 Å². The standard InChI is InChI=1S/C11H17N3O3S/c1-12-7-8-11(13(2)5-6-17-8)9-3-4-10(18-9)14(15)16/h3-4,8,11-12H,5-7H2,1-2H3. The van der Waals surface area contributed by atoms with Crippen molar-refractivity contribution in [1.82, 2.24) is 10.2 Å². The second kappa shape index (κ2) is 5.75. The Morgan fingerprint density at radius 3 is 3.06 bits per heavy atom. The van der Waals surface area contributed by atoms with Crippen LogP contribution in [0.1, 0.15) is 10.9 Å². The molecule has 0 bridgehead atoms. The van der Waals surface area contributed by atoms with E-state index in [1.165, 1.54) is 11.3 Å². The molecule has 1 N–H and O–H groups in total. The predicted octanol–water partition coefficient (Wildman–Crippen LogP) is 1.25. The van der Waals surface area contributed by atoms with Crippen LogP contribution in [0.15, 0.2) is 12.1 Å². The lowest BCUT2D eigenvalue weighted by molar-refractivity contribution is -0.380. The molecule has 2 unspecified atom stereocenters. The third kappa shape index (κ3) is 2.69. The van der Waals surface area contributed by atoms with Gasteiger partial charge in [0.2, 0.25) is 0 Å². The Hall–Kier alpha value is -1.02. The largest absolute Gasteiger partial charge is 0.374 e. The van der Waals surface area contributed by atoms with Gasteiger partial charge in [-0.1, -0.05) is 11.3 Å². The van der Waals surface area contributed by atoms with Crippen molar-refractivity contribution in [1.29, 1.82) is 0 Å². The average Bonchev–Trinajstić information content (AvgIpc) is 2.79. The zero-order valence-electron chi connectivity index (χ0n) is 10.5. The van der Waals surface area contributed by atoms with Crippen molar-refractivity contribution in [2.24, 2.45) is 0 Å². The van der Waals surface area contributed by atoms with Crippen LogP contribution >= 0.6 is 11.3 Å². The summed E-state index contributed by atoms with van der Waals surface area (Å²) in [6, 6.07) is 3.49. The van der Waals surface area contributed by atoms with Gasteiger partial charge >= 0.3 is 5.00 Å². The van der Waals surface area contributed by atoms with Gasteiger partial charge in [0, 0.05) is 24.0 Å². The van der Waals surface area contributed by atoms with Crippen LogP contribution in [0, 0.1) is 10.1 Å². The molecule has 6 nitrogen and oxygen atoms in total. The quantitative estimate of drug-likeness (QED) is 0.659. The molecule has 100 valence electrons. The number of likely N-dealkylation sites (N-methyl/N-ethyl adjacent to an activating group) is 2. The van der Waals surface area contributed by atoms with Gasteiger partial charge < -0.3 is 10.1 Å². The Bertz CT molecular complexity index is 421. The Morgan fingerprint density at radius 1 is 1.67 bits per heavy atom. The maximum absolute atomic E-state index is 10.7. The molecule has 1 aliphatic heterocycles. The van der Waals surface area contributed by atoms with Crippen molar-refractivity contribution >= 4 is 16.3 Å². The number of nitro groups is 1. The van der Waals surface area contributed by atoms with Crippen molar-refractivity contribution in [3.05, 3.63) is 27.1 Å². The van der Waals surface area contributed by atoms with Crippen LogP contribution in [-0.2, 0) is 4.74 Å². The van der Waals surface area contributed by atoms with E-state index in [9.17, 15) is 10.1 Å². The summed E-state index contributed by atoms with van der Waals surface area (Å²) in [5.74, 6) is 0. The van der Waals surface area contributed by atoms with Crippen LogP contribution in [0.25, 0.3) is 0 Å². The first-order valence-corrected chi connectivity index (χ1v) is 6.65. The number of morpholine rings is 1. The fourth-order valence-electron chi connectivity index (χ4n) is 2.23. The fourth-order valence-corrected chi connectivity index (χ4v) is 3.27. The van der Waals surface area contributed by atoms with Crippen LogP contribution in [0.5, 0.6) is 0 Å². The smallest absolute Gasteiger partial charge is 0.324 e. The number of thiophene rings is 1. The monoisotopic (exact) mass is 271 g/mol. The van der Waals surface area contributed by atoms with Crippen LogP contribution in [-0.4, -0.2) is 49.7 Å². The van der Waals surface area contributed by atoms with Gasteiger partial charge in [-0.15, -0.1) is 0 Å². The average molecular weight is 271 g/mol. The van der Waals surface area contributed by atoms with Crippen molar-refractivity contribution in [3.8, 4) is 0 Å². The number of nitrogens with one attached hydrogen (secondary N) is 1. The molecule has 0 spiro atoms. The van der Waals surface area contributed by atoms with Crippen LogP contribution < -0.4 is 5.32 Å². The molecule has 1 aromatic rings. The van der Waals surface area contributed by atoms with Crippen molar-refractivity contribution < 1.29 is 9.66 Å². The molecule has 2 heterocycles. The van der Waals surface area contributed by atoms with Gasteiger partial charge in [0.25, 0.3) is 0 Å². The van der Waals surface area contributed by atoms with Crippen molar-refractivity contribution in [2.75, 3.05) is 33.8 Å². The third-order valence-corrected chi connectivity index (χ3v) is 4.20. The van der Waals surface area contributed by atoms with E-state index in [1.807, 2.05) is 20.2 Å². The van der Waals surface area contributed by atoms with E-state index in [0.717, 1.165) is 18.0 Å². The summed E-state index contributed by atoms with van der Waals surface area (Å²) in [6.45, 7) is 2.28. The molecular formula is C11H17N3O3S. The minimum absolute atomic E-state index is 0.0343. The minimum Gasteiger partial charge on any atom is -0.374 e. The second-order valence-corrected chi connectivity index (χ2v) is 5.42. The molecule has 0 aliphatic carbocycles. The summed E-state index contributed by atoms with van der Waals surface area (Å²) in [7, 11) is 3.91. The number of ether oxygens (including phenoxy) is 1. The fraction of sp³-hybridized carbons (Fsp3) is 0.636. The maximum Gasteiger partial charge on any atom is 0.324 e. The summed E-state index contributed by atoms with van der Waals surface area (Å²) in [6.07, 6.45) is 0.0343. The summed E-state index contributed by atoms with van der Waals surface area (Å²) in [5.41, 5.74) is 0. The van der Waals surface area contributed by atoms with E-state index in [0.29, 0.717) is 6.61 Å². The van der Waals surface area contributed by atoms with Crippen LogP contribution in [0.3, 0.4) is 0 Å². The summed E-state index contributed by atoms with van der Waals surface area (Å²) in [4.78, 5) is 13.6. The molecule has 1 aromatic heterocycles. The van der Waals surface area contributed by atoms with Gasteiger partial charge in [0.15, 0.2) is 0 Å². The molecule has 1 aliphatic rings. The van der Waals surface area contributed by atoms with E-state index >= 15 is 0 Å². The van der Waals surface area contributed by atoms with Crippen LogP contribution in [0.2, 0.25) is 0 Å². The minimum atomic E-state index is -0.342. The first-order valence-electron chi connectivity index (χ1n) is 5.84.